The molecule has 0 aliphatic heterocycles. The summed E-state index contributed by atoms with van der Waals surface area (Å²) in [6, 6.07) is 6.72. The van der Waals surface area contributed by atoms with Crippen LogP contribution in [0.2, 0.25) is 0 Å². The monoisotopic (exact) mass is 319 g/mol. The summed E-state index contributed by atoms with van der Waals surface area (Å²) in [5.74, 6) is -1.30. The van der Waals surface area contributed by atoms with Gasteiger partial charge in [0.15, 0.2) is 0 Å². The Morgan fingerprint density at radius 1 is 1.17 bits per heavy atom. The number of carbonyl (C=O) groups is 2. The number of rotatable bonds is 7. The number of carboxylic acids is 1. The molecule has 0 aliphatic rings. The number of carboxylic acid groups (broad SMARTS) is 1. The van der Waals surface area contributed by atoms with Crippen LogP contribution in [-0.2, 0) is 16.1 Å². The molecule has 0 aliphatic carbocycles. The van der Waals surface area contributed by atoms with Crippen LogP contribution < -0.4 is 16.6 Å². The van der Waals surface area contributed by atoms with E-state index in [9.17, 15) is 19.2 Å². The standard InChI is InChI=1S/C15H17N3O5/c19-12(16-8-7-13(20)21)6-3-9-18-14(22)10-4-1-2-5-11(10)17-15(18)23/h1-2,4-5H,3,6-9H2,(H,16,19)(H,17,23)(H,20,21). The van der Waals surface area contributed by atoms with E-state index in [4.69, 9.17) is 5.11 Å². The van der Waals surface area contributed by atoms with E-state index in [1.54, 1.807) is 24.3 Å². The number of aliphatic carboxylic acids is 1. The Kier molecular flexibility index (Phi) is 5.29. The van der Waals surface area contributed by atoms with Gasteiger partial charge in [0.25, 0.3) is 5.56 Å². The first-order valence-electron chi connectivity index (χ1n) is 7.19. The summed E-state index contributed by atoms with van der Waals surface area (Å²) >= 11 is 0. The Balaban J connectivity index is 1.97. The molecule has 1 aromatic heterocycles. The number of hydrogen-bond acceptors (Lipinski definition) is 4. The van der Waals surface area contributed by atoms with Gasteiger partial charge in [-0.3, -0.25) is 19.0 Å². The molecule has 1 aromatic carbocycles. The van der Waals surface area contributed by atoms with E-state index < -0.39 is 17.2 Å². The lowest BCUT2D eigenvalue weighted by Crippen LogP contribution is -2.35. The molecule has 0 spiro atoms. The topological polar surface area (TPSA) is 121 Å². The van der Waals surface area contributed by atoms with Crippen LogP contribution in [-0.4, -0.2) is 33.1 Å². The summed E-state index contributed by atoms with van der Waals surface area (Å²) in [6.07, 6.45) is 0.272. The van der Waals surface area contributed by atoms with Crippen LogP contribution in [0.15, 0.2) is 33.9 Å². The van der Waals surface area contributed by atoms with Crippen LogP contribution in [0.3, 0.4) is 0 Å². The van der Waals surface area contributed by atoms with Crippen LogP contribution in [0.4, 0.5) is 0 Å². The number of aromatic nitrogens is 2. The number of amides is 1. The van der Waals surface area contributed by atoms with Crippen molar-refractivity contribution in [3.63, 3.8) is 0 Å². The number of aromatic amines is 1. The highest BCUT2D eigenvalue weighted by Gasteiger charge is 2.08. The second-order valence-electron chi connectivity index (χ2n) is 5.03. The van der Waals surface area contributed by atoms with E-state index in [-0.39, 0.29) is 31.8 Å². The SMILES string of the molecule is O=C(O)CCNC(=O)CCCn1c(=O)[nH]c2ccccc2c1=O. The molecule has 0 unspecified atom stereocenters. The summed E-state index contributed by atoms with van der Waals surface area (Å²) in [4.78, 5) is 48.6. The maximum absolute atomic E-state index is 12.2. The number of H-pyrrole nitrogens is 1. The molecule has 3 N–H and O–H groups in total. The van der Waals surface area contributed by atoms with Crippen LogP contribution >= 0.6 is 0 Å². The molecule has 0 atom stereocenters. The Morgan fingerprint density at radius 2 is 1.91 bits per heavy atom. The van der Waals surface area contributed by atoms with Gasteiger partial charge in [0.1, 0.15) is 0 Å². The number of nitrogens with zero attached hydrogens (tertiary/aromatic N) is 1. The number of para-hydroxylation sites is 1. The Labute approximate surface area is 130 Å². The zero-order valence-corrected chi connectivity index (χ0v) is 12.4. The minimum absolute atomic E-state index is 0.0602. The van der Waals surface area contributed by atoms with Gasteiger partial charge in [-0.15, -0.1) is 0 Å². The second-order valence-corrected chi connectivity index (χ2v) is 5.03. The Morgan fingerprint density at radius 3 is 2.65 bits per heavy atom. The van der Waals surface area contributed by atoms with Crippen molar-refractivity contribution in [1.82, 2.24) is 14.9 Å². The quantitative estimate of drug-likeness (QED) is 0.666. The van der Waals surface area contributed by atoms with Gasteiger partial charge in [0, 0.05) is 19.5 Å². The molecule has 1 heterocycles. The zero-order chi connectivity index (χ0) is 16.8. The van der Waals surface area contributed by atoms with Gasteiger partial charge in [-0.2, -0.15) is 0 Å². The van der Waals surface area contributed by atoms with Crippen LogP contribution in [0.1, 0.15) is 19.3 Å². The molecule has 0 radical (unpaired) electrons. The Bertz CT molecular complexity index is 837. The van der Waals surface area contributed by atoms with Crippen molar-refractivity contribution in [2.45, 2.75) is 25.8 Å². The predicted molar refractivity (Wildman–Crippen MR) is 83.3 cm³/mol. The average Bonchev–Trinajstić information content (AvgIpc) is 2.50. The molecule has 0 bridgehead atoms. The molecule has 0 saturated heterocycles. The first kappa shape index (κ1) is 16.5. The molecule has 23 heavy (non-hydrogen) atoms. The molecule has 2 rings (SSSR count). The van der Waals surface area contributed by atoms with Crippen molar-refractivity contribution in [2.24, 2.45) is 0 Å². The third kappa shape index (κ3) is 4.29. The lowest BCUT2D eigenvalue weighted by Gasteiger charge is -2.07. The third-order valence-electron chi connectivity index (χ3n) is 3.34. The summed E-state index contributed by atoms with van der Waals surface area (Å²) < 4.78 is 1.06. The minimum atomic E-state index is -0.987. The number of hydrogen-bond donors (Lipinski definition) is 3. The number of fused-ring (bicyclic) bond motifs is 1. The number of carbonyl (C=O) groups excluding carboxylic acids is 1. The number of benzene rings is 1. The van der Waals surface area contributed by atoms with Gasteiger partial charge in [0.2, 0.25) is 5.91 Å². The highest BCUT2D eigenvalue weighted by molar-refractivity contribution is 5.77. The lowest BCUT2D eigenvalue weighted by atomic mass is 10.2. The molecule has 0 fully saturated rings. The summed E-state index contributed by atoms with van der Waals surface area (Å²) in [7, 11) is 0. The molecular weight excluding hydrogens is 302 g/mol. The van der Waals surface area contributed by atoms with Gasteiger partial charge in [-0.25, -0.2) is 4.79 Å². The summed E-state index contributed by atoms with van der Waals surface area (Å²) in [6.45, 7) is 0.177. The summed E-state index contributed by atoms with van der Waals surface area (Å²) in [5, 5.41) is 11.4. The van der Waals surface area contributed by atoms with Crippen LogP contribution in [0.5, 0.6) is 0 Å². The van der Waals surface area contributed by atoms with Crippen molar-refractivity contribution in [2.75, 3.05) is 6.54 Å². The summed E-state index contributed by atoms with van der Waals surface area (Å²) in [5.41, 5.74) is -0.430. The third-order valence-corrected chi connectivity index (χ3v) is 3.34. The van der Waals surface area contributed by atoms with E-state index in [2.05, 4.69) is 10.3 Å². The second kappa shape index (κ2) is 7.39. The molecule has 0 saturated carbocycles. The van der Waals surface area contributed by atoms with E-state index in [0.717, 1.165) is 4.57 Å². The van der Waals surface area contributed by atoms with E-state index >= 15 is 0 Å². The molecule has 8 nitrogen and oxygen atoms in total. The van der Waals surface area contributed by atoms with Gasteiger partial charge < -0.3 is 15.4 Å². The molecule has 122 valence electrons. The first-order chi connectivity index (χ1) is 11.0. The van der Waals surface area contributed by atoms with Crippen LogP contribution in [0, 0.1) is 0 Å². The van der Waals surface area contributed by atoms with Gasteiger partial charge >= 0.3 is 11.7 Å². The highest BCUT2D eigenvalue weighted by Crippen LogP contribution is 2.03. The van der Waals surface area contributed by atoms with E-state index in [1.165, 1.54) is 0 Å². The fraction of sp³-hybridized carbons (Fsp3) is 0.333. The van der Waals surface area contributed by atoms with Crippen molar-refractivity contribution in [3.8, 4) is 0 Å². The average molecular weight is 319 g/mol. The highest BCUT2D eigenvalue weighted by atomic mass is 16.4. The zero-order valence-electron chi connectivity index (χ0n) is 12.4. The fourth-order valence-corrected chi connectivity index (χ4v) is 2.20. The Hall–Kier alpha value is -2.90. The van der Waals surface area contributed by atoms with Crippen molar-refractivity contribution in [1.29, 1.82) is 0 Å². The van der Waals surface area contributed by atoms with Gasteiger partial charge in [0.05, 0.1) is 17.3 Å². The van der Waals surface area contributed by atoms with Crippen molar-refractivity contribution in [3.05, 3.63) is 45.1 Å². The van der Waals surface area contributed by atoms with E-state index in [1.807, 2.05) is 0 Å². The molecular formula is C15H17N3O5. The normalized spacial score (nSPS) is 10.6. The van der Waals surface area contributed by atoms with E-state index in [0.29, 0.717) is 17.3 Å². The molecule has 2 aromatic rings. The largest absolute Gasteiger partial charge is 0.481 e. The molecule has 8 heteroatoms. The maximum atomic E-state index is 12.2. The lowest BCUT2D eigenvalue weighted by molar-refractivity contribution is -0.136. The minimum Gasteiger partial charge on any atom is -0.481 e. The number of nitrogens with one attached hydrogen (secondary N) is 2. The van der Waals surface area contributed by atoms with Gasteiger partial charge in [-0.1, -0.05) is 12.1 Å². The predicted octanol–water partition coefficient (Wildman–Crippen LogP) is 0.0609. The van der Waals surface area contributed by atoms with Crippen molar-refractivity contribution >= 4 is 22.8 Å². The van der Waals surface area contributed by atoms with Crippen LogP contribution in [0.25, 0.3) is 10.9 Å². The smallest absolute Gasteiger partial charge is 0.328 e. The van der Waals surface area contributed by atoms with Crippen molar-refractivity contribution < 1.29 is 14.7 Å². The fourth-order valence-electron chi connectivity index (χ4n) is 2.20. The van der Waals surface area contributed by atoms with Gasteiger partial charge in [-0.05, 0) is 18.6 Å². The maximum Gasteiger partial charge on any atom is 0.328 e. The first-order valence-corrected chi connectivity index (χ1v) is 7.19. The molecule has 1 amide bonds.